The lowest BCUT2D eigenvalue weighted by Gasteiger charge is -2.17. The van der Waals surface area contributed by atoms with Crippen molar-refractivity contribution in [2.45, 2.75) is 37.1 Å². The Bertz CT molecular complexity index is 706. The SMILES string of the molecule is CC(C)c1ccc(SNC2CCN(c3ccc(C#N)nn3)C2)cc1. The van der Waals surface area contributed by atoms with E-state index in [4.69, 9.17) is 5.26 Å². The first-order valence-corrected chi connectivity index (χ1v) is 8.98. The van der Waals surface area contributed by atoms with Crippen LogP contribution in [0.1, 0.15) is 37.4 Å². The fraction of sp³-hybridized carbons (Fsp3) is 0.389. The minimum Gasteiger partial charge on any atom is -0.353 e. The minimum absolute atomic E-state index is 0.355. The summed E-state index contributed by atoms with van der Waals surface area (Å²) in [6, 6.07) is 14.7. The number of hydrogen-bond donors (Lipinski definition) is 1. The van der Waals surface area contributed by atoms with Gasteiger partial charge in [0.2, 0.25) is 0 Å². The summed E-state index contributed by atoms with van der Waals surface area (Å²) < 4.78 is 3.54. The molecule has 124 valence electrons. The summed E-state index contributed by atoms with van der Waals surface area (Å²) in [7, 11) is 0. The second-order valence-corrected chi connectivity index (χ2v) is 7.18. The van der Waals surface area contributed by atoms with Crippen LogP contribution < -0.4 is 9.62 Å². The summed E-state index contributed by atoms with van der Waals surface area (Å²) in [6.45, 7) is 6.27. The smallest absolute Gasteiger partial charge is 0.163 e. The van der Waals surface area contributed by atoms with Crippen molar-refractivity contribution in [1.82, 2.24) is 14.9 Å². The largest absolute Gasteiger partial charge is 0.353 e. The van der Waals surface area contributed by atoms with Crippen LogP contribution in [-0.2, 0) is 0 Å². The van der Waals surface area contributed by atoms with Crippen molar-refractivity contribution < 1.29 is 0 Å². The average Bonchev–Trinajstić information content (AvgIpc) is 3.09. The van der Waals surface area contributed by atoms with Crippen LogP contribution in [0.2, 0.25) is 0 Å². The molecule has 3 rings (SSSR count). The third-order valence-electron chi connectivity index (χ3n) is 4.17. The Hall–Kier alpha value is -2.10. The van der Waals surface area contributed by atoms with Crippen molar-refractivity contribution in [2.75, 3.05) is 18.0 Å². The molecule has 1 aromatic carbocycles. The molecular weight excluding hydrogens is 318 g/mol. The Labute approximate surface area is 147 Å². The van der Waals surface area contributed by atoms with Gasteiger partial charge in [-0.15, -0.1) is 10.2 Å². The third-order valence-corrected chi connectivity index (χ3v) is 5.13. The molecule has 2 aromatic rings. The number of hydrogen-bond acceptors (Lipinski definition) is 6. The van der Waals surface area contributed by atoms with Gasteiger partial charge in [-0.2, -0.15) is 5.26 Å². The quantitative estimate of drug-likeness (QED) is 0.843. The van der Waals surface area contributed by atoms with Crippen molar-refractivity contribution in [1.29, 1.82) is 5.26 Å². The van der Waals surface area contributed by atoms with E-state index in [1.807, 2.05) is 12.1 Å². The predicted octanol–water partition coefficient (Wildman–Crippen LogP) is 3.35. The van der Waals surface area contributed by atoms with E-state index in [0.29, 0.717) is 17.7 Å². The van der Waals surface area contributed by atoms with Crippen LogP contribution in [-0.4, -0.2) is 29.3 Å². The number of rotatable bonds is 5. The van der Waals surface area contributed by atoms with Gasteiger partial charge in [-0.25, -0.2) is 0 Å². The lowest BCUT2D eigenvalue weighted by atomic mass is 10.0. The van der Waals surface area contributed by atoms with Gasteiger partial charge >= 0.3 is 0 Å². The molecule has 1 saturated heterocycles. The van der Waals surface area contributed by atoms with Crippen molar-refractivity contribution in [3.63, 3.8) is 0 Å². The maximum absolute atomic E-state index is 8.78. The minimum atomic E-state index is 0.355. The second-order valence-electron chi connectivity index (χ2n) is 6.26. The highest BCUT2D eigenvalue weighted by Crippen LogP contribution is 2.23. The summed E-state index contributed by atoms with van der Waals surface area (Å²) in [5.74, 6) is 1.40. The summed E-state index contributed by atoms with van der Waals surface area (Å²) in [6.07, 6.45) is 1.07. The lowest BCUT2D eigenvalue weighted by molar-refractivity contribution is 0.699. The van der Waals surface area contributed by atoms with Gasteiger partial charge in [0.25, 0.3) is 0 Å². The number of benzene rings is 1. The lowest BCUT2D eigenvalue weighted by Crippen LogP contribution is -2.28. The van der Waals surface area contributed by atoms with E-state index in [-0.39, 0.29) is 0 Å². The van der Waals surface area contributed by atoms with E-state index >= 15 is 0 Å². The summed E-state index contributed by atoms with van der Waals surface area (Å²) in [5.41, 5.74) is 1.72. The fourth-order valence-electron chi connectivity index (χ4n) is 2.69. The molecule has 0 aliphatic carbocycles. The Morgan fingerprint density at radius 2 is 2.00 bits per heavy atom. The van der Waals surface area contributed by atoms with Crippen LogP contribution >= 0.6 is 11.9 Å². The van der Waals surface area contributed by atoms with Crippen molar-refractivity contribution in [2.24, 2.45) is 0 Å². The molecule has 1 aromatic heterocycles. The summed E-state index contributed by atoms with van der Waals surface area (Å²) >= 11 is 1.69. The zero-order valence-corrected chi connectivity index (χ0v) is 14.8. The summed E-state index contributed by atoms with van der Waals surface area (Å²) in [5, 5.41) is 16.8. The number of nitrogens with zero attached hydrogens (tertiary/aromatic N) is 4. The molecular formula is C18H21N5S. The van der Waals surface area contributed by atoms with Gasteiger partial charge < -0.3 is 4.90 Å². The average molecular weight is 339 g/mol. The number of aromatic nitrogens is 2. The van der Waals surface area contributed by atoms with Crippen molar-refractivity contribution in [3.8, 4) is 6.07 Å². The van der Waals surface area contributed by atoms with E-state index in [9.17, 15) is 0 Å². The van der Waals surface area contributed by atoms with Crippen LogP contribution in [0.15, 0.2) is 41.3 Å². The van der Waals surface area contributed by atoms with Gasteiger partial charge in [0.05, 0.1) is 0 Å². The second kappa shape index (κ2) is 7.65. The Balaban J connectivity index is 1.51. The molecule has 0 amide bonds. The number of anilines is 1. The fourth-order valence-corrected chi connectivity index (χ4v) is 3.46. The van der Waals surface area contributed by atoms with Crippen LogP contribution in [0, 0.1) is 11.3 Å². The van der Waals surface area contributed by atoms with Gasteiger partial charge in [0, 0.05) is 24.0 Å². The van der Waals surface area contributed by atoms with Crippen LogP contribution in [0.25, 0.3) is 0 Å². The van der Waals surface area contributed by atoms with E-state index in [1.54, 1.807) is 18.0 Å². The molecule has 0 spiro atoms. The predicted molar refractivity (Wildman–Crippen MR) is 96.9 cm³/mol. The molecule has 0 radical (unpaired) electrons. The molecule has 1 unspecified atom stereocenters. The monoisotopic (exact) mass is 339 g/mol. The van der Waals surface area contributed by atoms with Crippen LogP contribution in [0.4, 0.5) is 5.82 Å². The zero-order chi connectivity index (χ0) is 16.9. The van der Waals surface area contributed by atoms with Crippen molar-refractivity contribution in [3.05, 3.63) is 47.7 Å². The molecule has 6 heteroatoms. The van der Waals surface area contributed by atoms with Crippen LogP contribution in [0.5, 0.6) is 0 Å². The molecule has 5 nitrogen and oxygen atoms in total. The van der Waals surface area contributed by atoms with Gasteiger partial charge in [-0.3, -0.25) is 4.72 Å². The Morgan fingerprint density at radius 3 is 2.62 bits per heavy atom. The highest BCUT2D eigenvalue weighted by Gasteiger charge is 2.23. The number of nitrogens with one attached hydrogen (secondary N) is 1. The highest BCUT2D eigenvalue weighted by molar-refractivity contribution is 7.97. The Kier molecular flexibility index (Phi) is 5.34. The Morgan fingerprint density at radius 1 is 1.21 bits per heavy atom. The maximum atomic E-state index is 8.78. The van der Waals surface area contributed by atoms with E-state index in [0.717, 1.165) is 25.3 Å². The molecule has 24 heavy (non-hydrogen) atoms. The molecule has 0 bridgehead atoms. The molecule has 0 saturated carbocycles. The van der Waals surface area contributed by atoms with Gasteiger partial charge in [0.1, 0.15) is 6.07 Å². The van der Waals surface area contributed by atoms with Gasteiger partial charge in [-0.05, 0) is 54.1 Å². The molecule has 2 heterocycles. The first-order valence-electron chi connectivity index (χ1n) is 8.17. The van der Waals surface area contributed by atoms with Gasteiger partial charge in [-0.1, -0.05) is 26.0 Å². The first-order chi connectivity index (χ1) is 11.7. The standard InChI is InChI=1S/C18H21N5S/c1-13(2)14-3-6-17(7-4-14)24-22-16-9-10-23(12-16)18-8-5-15(11-19)20-21-18/h3-8,13,16,22H,9-10,12H2,1-2H3. The summed E-state index contributed by atoms with van der Waals surface area (Å²) in [4.78, 5) is 3.44. The van der Waals surface area contributed by atoms with E-state index < -0.39 is 0 Å². The zero-order valence-electron chi connectivity index (χ0n) is 13.9. The highest BCUT2D eigenvalue weighted by atomic mass is 32.2. The molecule has 1 aliphatic heterocycles. The van der Waals surface area contributed by atoms with Crippen LogP contribution in [0.3, 0.4) is 0 Å². The maximum Gasteiger partial charge on any atom is 0.163 e. The molecule has 1 N–H and O–H groups in total. The third kappa shape index (κ3) is 4.05. The number of nitriles is 1. The van der Waals surface area contributed by atoms with E-state index in [2.05, 4.69) is 57.9 Å². The van der Waals surface area contributed by atoms with Gasteiger partial charge in [0.15, 0.2) is 11.5 Å². The molecule has 1 aliphatic rings. The van der Waals surface area contributed by atoms with Crippen molar-refractivity contribution >= 4 is 17.8 Å². The topological polar surface area (TPSA) is 64.8 Å². The first kappa shape index (κ1) is 16.7. The molecule has 1 atom stereocenters. The normalized spacial score (nSPS) is 17.2. The van der Waals surface area contributed by atoms with E-state index in [1.165, 1.54) is 10.5 Å². The molecule has 1 fully saturated rings.